The van der Waals surface area contributed by atoms with Crippen LogP contribution in [0.15, 0.2) is 182 Å². The van der Waals surface area contributed by atoms with Crippen molar-refractivity contribution < 1.29 is 13.2 Å². The van der Waals surface area contributed by atoms with Crippen LogP contribution in [-0.2, 0) is 11.6 Å². The van der Waals surface area contributed by atoms with E-state index in [1.165, 1.54) is 56.6 Å². The number of halogens is 3. The lowest BCUT2D eigenvalue weighted by molar-refractivity contribution is -0.137. The van der Waals surface area contributed by atoms with Gasteiger partial charge in [0.05, 0.1) is 16.7 Å². The molecule has 1 aromatic heterocycles. The van der Waals surface area contributed by atoms with Gasteiger partial charge >= 0.3 is 6.18 Å². The SMILES string of the molecule is FC(F)(F)c1ccc2c(c1)N(c1ccccc1)c1cccc3c1B2c1sc2cc4c(cc2c1N3c1ccccc1)C1(c2ccccc2-c2ccccc21)c1ccccc1-4. The molecule has 4 aliphatic rings. The van der Waals surface area contributed by atoms with Crippen LogP contribution >= 0.6 is 11.3 Å². The molecule has 0 N–H and O–H groups in total. The van der Waals surface area contributed by atoms with E-state index in [2.05, 4.69) is 126 Å². The maximum absolute atomic E-state index is 14.6. The van der Waals surface area contributed by atoms with Gasteiger partial charge in [0.15, 0.2) is 0 Å². The highest BCUT2D eigenvalue weighted by molar-refractivity contribution is 7.33. The van der Waals surface area contributed by atoms with Gasteiger partial charge in [-0.15, -0.1) is 11.3 Å². The summed E-state index contributed by atoms with van der Waals surface area (Å²) in [7, 11) is 0. The summed E-state index contributed by atoms with van der Waals surface area (Å²) in [5, 5.41) is 1.14. The molecule has 0 amide bonds. The molecule has 1 spiro atoms. The van der Waals surface area contributed by atoms with Gasteiger partial charge < -0.3 is 9.80 Å². The van der Waals surface area contributed by atoms with Crippen LogP contribution in [0, 0.1) is 0 Å². The zero-order valence-corrected chi connectivity index (χ0v) is 32.2. The predicted molar refractivity (Wildman–Crippen MR) is 237 cm³/mol. The highest BCUT2D eigenvalue weighted by Crippen LogP contribution is 2.64. The Labute approximate surface area is 343 Å². The highest BCUT2D eigenvalue weighted by Gasteiger charge is 2.53. The Morgan fingerprint density at radius 3 is 1.63 bits per heavy atom. The van der Waals surface area contributed by atoms with Crippen LogP contribution in [0.5, 0.6) is 0 Å². The van der Waals surface area contributed by atoms with Crippen LogP contribution in [0.2, 0.25) is 0 Å². The van der Waals surface area contributed by atoms with Crippen molar-refractivity contribution in [2.45, 2.75) is 11.6 Å². The van der Waals surface area contributed by atoms with Gasteiger partial charge in [-0.05, 0) is 110 Å². The van der Waals surface area contributed by atoms with Crippen molar-refractivity contribution in [3.63, 3.8) is 0 Å². The normalized spacial score (nSPS) is 14.7. The summed E-state index contributed by atoms with van der Waals surface area (Å²) in [5.41, 5.74) is 16.2. The number of nitrogens with zero attached hydrogens (tertiary/aromatic N) is 2. The van der Waals surface area contributed by atoms with E-state index < -0.39 is 17.2 Å². The van der Waals surface area contributed by atoms with Crippen molar-refractivity contribution in [2.24, 2.45) is 0 Å². The maximum atomic E-state index is 14.6. The molecule has 7 heteroatoms. The molecule has 9 aromatic rings. The number of rotatable bonds is 2. The van der Waals surface area contributed by atoms with Crippen LogP contribution in [0.3, 0.4) is 0 Å². The Morgan fingerprint density at radius 2 is 1.02 bits per heavy atom. The third kappa shape index (κ3) is 4.22. The van der Waals surface area contributed by atoms with Crippen molar-refractivity contribution >= 4 is 78.0 Å². The fourth-order valence-electron chi connectivity index (χ4n) is 10.9. The number of hydrogen-bond acceptors (Lipinski definition) is 3. The van der Waals surface area contributed by atoms with Crippen LogP contribution in [-0.4, -0.2) is 6.71 Å². The van der Waals surface area contributed by atoms with Gasteiger partial charge in [0, 0.05) is 43.3 Å². The molecule has 2 nitrogen and oxygen atoms in total. The number of hydrogen-bond donors (Lipinski definition) is 0. The number of benzene rings is 8. The average Bonchev–Trinajstić information content (AvgIpc) is 3.89. The molecular formula is C52H30BF3N2S. The molecule has 8 aromatic carbocycles. The van der Waals surface area contributed by atoms with Crippen LogP contribution in [0.25, 0.3) is 32.3 Å². The van der Waals surface area contributed by atoms with Gasteiger partial charge in [0.2, 0.25) is 0 Å². The number of para-hydroxylation sites is 2. The van der Waals surface area contributed by atoms with Crippen molar-refractivity contribution in [3.05, 3.63) is 210 Å². The lowest BCUT2D eigenvalue weighted by atomic mass is 9.36. The number of thiophene rings is 1. The average molecular weight is 783 g/mol. The summed E-state index contributed by atoms with van der Waals surface area (Å²) in [6, 6.07) is 62.3. The monoisotopic (exact) mass is 782 g/mol. The van der Waals surface area contributed by atoms with Crippen molar-refractivity contribution in [3.8, 4) is 22.3 Å². The highest BCUT2D eigenvalue weighted by atomic mass is 32.1. The molecular weight excluding hydrogens is 752 g/mol. The molecule has 0 saturated heterocycles. The molecule has 0 fully saturated rings. The van der Waals surface area contributed by atoms with Gasteiger partial charge in [0.25, 0.3) is 6.71 Å². The van der Waals surface area contributed by atoms with Crippen molar-refractivity contribution in [1.82, 2.24) is 0 Å². The minimum Gasteiger partial charge on any atom is -0.311 e. The molecule has 0 unspecified atom stereocenters. The quantitative estimate of drug-likeness (QED) is 0.161. The summed E-state index contributed by atoms with van der Waals surface area (Å²) >= 11 is 1.77. The second kappa shape index (κ2) is 11.6. The molecule has 278 valence electrons. The topological polar surface area (TPSA) is 6.48 Å². The molecule has 2 aliphatic heterocycles. The Morgan fingerprint density at radius 1 is 0.475 bits per heavy atom. The lowest BCUT2D eigenvalue weighted by Gasteiger charge is -2.43. The summed E-state index contributed by atoms with van der Waals surface area (Å²) < 4.78 is 46.0. The van der Waals surface area contributed by atoms with E-state index in [1.807, 2.05) is 47.4 Å². The first-order valence-electron chi connectivity index (χ1n) is 19.9. The Bertz CT molecular complexity index is 3200. The number of anilines is 6. The van der Waals surface area contributed by atoms with E-state index in [1.54, 1.807) is 17.4 Å². The molecule has 2 aliphatic carbocycles. The number of alkyl halides is 3. The van der Waals surface area contributed by atoms with Crippen molar-refractivity contribution in [1.29, 1.82) is 0 Å². The molecule has 0 atom stereocenters. The Kier molecular flexibility index (Phi) is 6.55. The molecule has 3 heterocycles. The maximum Gasteiger partial charge on any atom is 0.416 e. The molecule has 0 bridgehead atoms. The first-order chi connectivity index (χ1) is 28.9. The molecule has 59 heavy (non-hydrogen) atoms. The summed E-state index contributed by atoms with van der Waals surface area (Å²) in [6.07, 6.45) is -4.50. The molecule has 13 rings (SSSR count). The largest absolute Gasteiger partial charge is 0.416 e. The minimum atomic E-state index is -4.50. The van der Waals surface area contributed by atoms with Crippen LogP contribution < -0.4 is 25.5 Å². The zero-order valence-electron chi connectivity index (χ0n) is 31.3. The fourth-order valence-corrected chi connectivity index (χ4v) is 12.2. The van der Waals surface area contributed by atoms with Gasteiger partial charge in [-0.3, -0.25) is 0 Å². The number of fused-ring (bicyclic) bond motifs is 16. The first kappa shape index (κ1) is 33.2. The Balaban J connectivity index is 1.15. The van der Waals surface area contributed by atoms with E-state index in [0.29, 0.717) is 5.69 Å². The molecule has 0 radical (unpaired) electrons. The summed E-state index contributed by atoms with van der Waals surface area (Å²) in [6.45, 7) is -0.296. The smallest absolute Gasteiger partial charge is 0.311 e. The third-order valence-electron chi connectivity index (χ3n) is 13.1. The third-order valence-corrected chi connectivity index (χ3v) is 14.3. The standard InChI is InChI=1S/C52H30BF3N2S/c54-52(55,56)31-26-27-43-46(28-31)57(32-14-3-1-4-15-32)44-24-13-25-45-48(44)53(43)50-49(58(45)33-16-5-2-6-17-33)38-29-42-37(30-47(38)59-50)36-20-9-12-23-41(36)51(42)39-21-10-7-18-34(39)35-19-8-11-22-40(35)51/h1-30H. The fraction of sp³-hybridized carbons (Fsp3) is 0.0385. The van der Waals surface area contributed by atoms with Gasteiger partial charge in [-0.1, -0.05) is 127 Å². The van der Waals surface area contributed by atoms with Crippen molar-refractivity contribution in [2.75, 3.05) is 9.80 Å². The zero-order chi connectivity index (χ0) is 39.2. The minimum absolute atomic E-state index is 0.296. The summed E-state index contributed by atoms with van der Waals surface area (Å²) in [4.78, 5) is 4.42. The Hall–Kier alpha value is -6.83. The van der Waals surface area contributed by atoms with E-state index in [-0.39, 0.29) is 6.71 Å². The second-order valence-corrected chi connectivity index (χ2v) is 16.9. The molecule has 0 saturated carbocycles. The first-order valence-corrected chi connectivity index (χ1v) is 20.7. The van der Waals surface area contributed by atoms with Gasteiger partial charge in [-0.2, -0.15) is 13.2 Å². The van der Waals surface area contributed by atoms with Crippen LogP contribution in [0.1, 0.15) is 27.8 Å². The van der Waals surface area contributed by atoms with E-state index in [9.17, 15) is 13.2 Å². The van der Waals surface area contributed by atoms with Gasteiger partial charge in [0.1, 0.15) is 0 Å². The van der Waals surface area contributed by atoms with E-state index in [4.69, 9.17) is 0 Å². The predicted octanol–water partition coefficient (Wildman–Crippen LogP) is 12.3. The van der Waals surface area contributed by atoms with Gasteiger partial charge in [-0.25, -0.2) is 0 Å². The van der Waals surface area contributed by atoms with E-state index >= 15 is 0 Å². The van der Waals surface area contributed by atoms with Crippen LogP contribution in [0.4, 0.5) is 47.3 Å². The summed E-state index contributed by atoms with van der Waals surface area (Å²) in [5.74, 6) is 0. The lowest BCUT2D eigenvalue weighted by Crippen LogP contribution is -2.60. The second-order valence-electron chi connectivity index (χ2n) is 15.9. The van der Waals surface area contributed by atoms with E-state index in [0.717, 1.165) is 54.2 Å².